The molecule has 0 spiro atoms. The molecule has 3 N–H and O–H groups in total. The zero-order chi connectivity index (χ0) is 14.5. The molecular weight excluding hydrogens is 264 g/mol. The van der Waals surface area contributed by atoms with Crippen LogP contribution in [0.15, 0.2) is 29.2 Å². The number of nitrogen functional groups attached to an aromatic ring is 1. The Bertz CT molecular complexity index is 500. The molecule has 1 rings (SSSR count). The molecule has 0 aliphatic rings. The van der Waals surface area contributed by atoms with Gasteiger partial charge in [-0.1, -0.05) is 19.9 Å². The van der Waals surface area contributed by atoms with Crippen LogP contribution in [0.3, 0.4) is 0 Å². The summed E-state index contributed by atoms with van der Waals surface area (Å²) in [6.45, 7) is 6.69. The second-order valence-electron chi connectivity index (χ2n) is 4.70. The molecule has 0 saturated heterocycles. The SMILES string of the molecule is CCOCC(NS(=O)(=O)c1cccc(N)c1)C(C)C. The maximum absolute atomic E-state index is 12.2. The van der Waals surface area contributed by atoms with Gasteiger partial charge < -0.3 is 10.5 Å². The summed E-state index contributed by atoms with van der Waals surface area (Å²) in [5.41, 5.74) is 6.03. The molecule has 0 bridgehead atoms. The predicted octanol–water partition coefficient (Wildman–Crippen LogP) is 1.61. The number of nitrogens with two attached hydrogens (primary N) is 1. The lowest BCUT2D eigenvalue weighted by Crippen LogP contribution is -2.41. The Morgan fingerprint density at radius 2 is 2.05 bits per heavy atom. The number of anilines is 1. The summed E-state index contributed by atoms with van der Waals surface area (Å²) in [6, 6.07) is 5.99. The molecule has 1 unspecified atom stereocenters. The first-order chi connectivity index (χ1) is 8.86. The van der Waals surface area contributed by atoms with Crippen LogP contribution in [0.1, 0.15) is 20.8 Å². The maximum Gasteiger partial charge on any atom is 0.240 e. The van der Waals surface area contributed by atoms with E-state index in [0.29, 0.717) is 18.9 Å². The molecule has 1 aromatic rings. The fourth-order valence-electron chi connectivity index (χ4n) is 1.56. The second-order valence-corrected chi connectivity index (χ2v) is 6.42. The lowest BCUT2D eigenvalue weighted by molar-refractivity contribution is 0.116. The van der Waals surface area contributed by atoms with Gasteiger partial charge in [0, 0.05) is 18.3 Å². The van der Waals surface area contributed by atoms with Crippen molar-refractivity contribution < 1.29 is 13.2 Å². The molecular formula is C13H22N2O3S. The first-order valence-electron chi connectivity index (χ1n) is 6.32. The Labute approximate surface area is 115 Å². The highest BCUT2D eigenvalue weighted by atomic mass is 32.2. The largest absolute Gasteiger partial charge is 0.399 e. The Morgan fingerprint density at radius 3 is 2.58 bits per heavy atom. The average Bonchev–Trinajstić information content (AvgIpc) is 2.34. The highest BCUT2D eigenvalue weighted by molar-refractivity contribution is 7.89. The predicted molar refractivity (Wildman–Crippen MR) is 76.3 cm³/mol. The number of hydrogen-bond acceptors (Lipinski definition) is 4. The van der Waals surface area contributed by atoms with Crippen molar-refractivity contribution in [2.24, 2.45) is 5.92 Å². The Kier molecular flexibility index (Phi) is 5.78. The first kappa shape index (κ1) is 15.9. The Balaban J connectivity index is 2.88. The molecule has 6 heteroatoms. The van der Waals surface area contributed by atoms with Crippen molar-refractivity contribution in [3.63, 3.8) is 0 Å². The molecule has 0 amide bonds. The lowest BCUT2D eigenvalue weighted by Gasteiger charge is -2.22. The maximum atomic E-state index is 12.2. The van der Waals surface area contributed by atoms with Crippen LogP contribution in [-0.2, 0) is 14.8 Å². The van der Waals surface area contributed by atoms with E-state index in [1.165, 1.54) is 12.1 Å². The van der Waals surface area contributed by atoms with Gasteiger partial charge >= 0.3 is 0 Å². The number of nitrogens with one attached hydrogen (secondary N) is 1. The van der Waals surface area contributed by atoms with E-state index in [4.69, 9.17) is 10.5 Å². The first-order valence-corrected chi connectivity index (χ1v) is 7.80. The summed E-state index contributed by atoms with van der Waals surface area (Å²) < 4.78 is 32.5. The molecule has 0 fully saturated rings. The van der Waals surface area contributed by atoms with Crippen molar-refractivity contribution in [1.82, 2.24) is 4.72 Å². The molecule has 108 valence electrons. The van der Waals surface area contributed by atoms with E-state index in [-0.39, 0.29) is 16.9 Å². The molecule has 1 atom stereocenters. The van der Waals surface area contributed by atoms with Crippen molar-refractivity contribution >= 4 is 15.7 Å². The Hall–Kier alpha value is -1.11. The van der Waals surface area contributed by atoms with Gasteiger partial charge in [-0.3, -0.25) is 0 Å². The van der Waals surface area contributed by atoms with Crippen LogP contribution in [0.25, 0.3) is 0 Å². The van der Waals surface area contributed by atoms with Gasteiger partial charge in [-0.05, 0) is 31.0 Å². The van der Waals surface area contributed by atoms with Crippen LogP contribution in [-0.4, -0.2) is 27.7 Å². The van der Waals surface area contributed by atoms with Gasteiger partial charge in [-0.2, -0.15) is 0 Å². The minimum absolute atomic E-state index is 0.141. The van der Waals surface area contributed by atoms with E-state index < -0.39 is 10.0 Å². The topological polar surface area (TPSA) is 81.4 Å². The smallest absolute Gasteiger partial charge is 0.240 e. The second kappa shape index (κ2) is 6.88. The highest BCUT2D eigenvalue weighted by Crippen LogP contribution is 2.14. The summed E-state index contributed by atoms with van der Waals surface area (Å²) in [7, 11) is -3.57. The molecule has 0 saturated carbocycles. The van der Waals surface area contributed by atoms with Gasteiger partial charge in [0.1, 0.15) is 0 Å². The van der Waals surface area contributed by atoms with Gasteiger partial charge in [0.2, 0.25) is 10.0 Å². The van der Waals surface area contributed by atoms with E-state index in [9.17, 15) is 8.42 Å². The van der Waals surface area contributed by atoms with Gasteiger partial charge in [-0.25, -0.2) is 13.1 Å². The summed E-state index contributed by atoms with van der Waals surface area (Å²) >= 11 is 0. The van der Waals surface area contributed by atoms with E-state index in [2.05, 4.69) is 4.72 Å². The number of hydrogen-bond donors (Lipinski definition) is 2. The van der Waals surface area contributed by atoms with Crippen molar-refractivity contribution in [1.29, 1.82) is 0 Å². The number of ether oxygens (including phenoxy) is 1. The van der Waals surface area contributed by atoms with Crippen LogP contribution >= 0.6 is 0 Å². The van der Waals surface area contributed by atoms with E-state index in [1.54, 1.807) is 12.1 Å². The molecule has 1 aromatic carbocycles. The lowest BCUT2D eigenvalue weighted by atomic mass is 10.1. The summed E-state index contributed by atoms with van der Waals surface area (Å²) in [5, 5.41) is 0. The molecule has 0 heterocycles. The number of benzene rings is 1. The van der Waals surface area contributed by atoms with Gasteiger partial charge in [-0.15, -0.1) is 0 Å². The standard InChI is InChI=1S/C13H22N2O3S/c1-4-18-9-13(10(2)3)15-19(16,17)12-7-5-6-11(14)8-12/h5-8,10,13,15H,4,9,14H2,1-3H3. The van der Waals surface area contributed by atoms with E-state index in [0.717, 1.165) is 0 Å². The third kappa shape index (κ3) is 4.81. The normalized spacial score (nSPS) is 13.7. The van der Waals surface area contributed by atoms with Gasteiger partial charge in [0.25, 0.3) is 0 Å². The van der Waals surface area contributed by atoms with Crippen LogP contribution in [0.5, 0.6) is 0 Å². The van der Waals surface area contributed by atoms with Crippen molar-refractivity contribution in [2.75, 3.05) is 18.9 Å². The van der Waals surface area contributed by atoms with Gasteiger partial charge in [0.05, 0.1) is 11.5 Å². The monoisotopic (exact) mass is 286 g/mol. The fourth-order valence-corrected chi connectivity index (χ4v) is 2.98. The third-order valence-corrected chi connectivity index (χ3v) is 4.27. The fraction of sp³-hybridized carbons (Fsp3) is 0.538. The summed E-state index contributed by atoms with van der Waals surface area (Å²) in [5.74, 6) is 0.141. The van der Waals surface area contributed by atoms with Crippen LogP contribution in [0.2, 0.25) is 0 Å². The third-order valence-electron chi connectivity index (χ3n) is 2.78. The average molecular weight is 286 g/mol. The molecule has 19 heavy (non-hydrogen) atoms. The van der Waals surface area contributed by atoms with Crippen molar-refractivity contribution in [3.8, 4) is 0 Å². The van der Waals surface area contributed by atoms with E-state index in [1.807, 2.05) is 20.8 Å². The van der Waals surface area contributed by atoms with Crippen LogP contribution in [0.4, 0.5) is 5.69 Å². The van der Waals surface area contributed by atoms with Gasteiger partial charge in [0.15, 0.2) is 0 Å². The zero-order valence-corrected chi connectivity index (χ0v) is 12.4. The summed E-state index contributed by atoms with van der Waals surface area (Å²) in [4.78, 5) is 0.176. The summed E-state index contributed by atoms with van der Waals surface area (Å²) in [6.07, 6.45) is 0. The van der Waals surface area contributed by atoms with Crippen LogP contribution in [0, 0.1) is 5.92 Å². The number of sulfonamides is 1. The molecule has 0 aromatic heterocycles. The van der Waals surface area contributed by atoms with Crippen molar-refractivity contribution in [2.45, 2.75) is 31.7 Å². The molecule has 0 aliphatic heterocycles. The molecule has 0 radical (unpaired) electrons. The van der Waals surface area contributed by atoms with Crippen molar-refractivity contribution in [3.05, 3.63) is 24.3 Å². The van der Waals surface area contributed by atoms with Crippen LogP contribution < -0.4 is 10.5 Å². The minimum Gasteiger partial charge on any atom is -0.399 e. The minimum atomic E-state index is -3.57. The quantitative estimate of drug-likeness (QED) is 0.746. The molecule has 5 nitrogen and oxygen atoms in total. The number of rotatable bonds is 7. The highest BCUT2D eigenvalue weighted by Gasteiger charge is 2.22. The Morgan fingerprint density at radius 1 is 1.37 bits per heavy atom. The van der Waals surface area contributed by atoms with E-state index >= 15 is 0 Å². The zero-order valence-electron chi connectivity index (χ0n) is 11.6. The molecule has 0 aliphatic carbocycles.